The van der Waals surface area contributed by atoms with Crippen LogP contribution in [0.25, 0.3) is 16.6 Å². The molecule has 0 saturated heterocycles. The molecular formula is C31H25F4N3O6S. The lowest BCUT2D eigenvalue weighted by molar-refractivity contribution is -0.148. The maximum Gasteiger partial charge on any atom is 0.392 e. The molecule has 1 fully saturated rings. The Kier molecular flexibility index (Phi) is 7.55. The summed E-state index contributed by atoms with van der Waals surface area (Å²) in [6.45, 7) is -0.213. The van der Waals surface area contributed by atoms with E-state index in [0.717, 1.165) is 21.0 Å². The topological polar surface area (TPSA) is 104 Å². The largest absolute Gasteiger partial charge is 0.497 e. The van der Waals surface area contributed by atoms with E-state index in [-0.39, 0.29) is 41.1 Å². The number of sulfonamides is 1. The van der Waals surface area contributed by atoms with E-state index in [1.165, 1.54) is 56.9 Å². The van der Waals surface area contributed by atoms with E-state index < -0.39 is 44.3 Å². The molecule has 2 heterocycles. The summed E-state index contributed by atoms with van der Waals surface area (Å²) >= 11 is 0. The number of pyridine rings is 1. The van der Waals surface area contributed by atoms with Gasteiger partial charge in [0.05, 0.1) is 37.9 Å². The molecule has 2 aromatic heterocycles. The molecule has 0 radical (unpaired) electrons. The molecule has 2 atom stereocenters. The SMILES string of the molecule is COc1ccc(CN(c2ccon2)S(=O)(=O)c2cc3ccc(=O)n(-c4ccc([C@@H]5C[C@H]5C(F)(F)F)cc4OC)c3cc2F)cc1. The highest BCUT2D eigenvalue weighted by atomic mass is 32.2. The highest BCUT2D eigenvalue weighted by Crippen LogP contribution is 2.56. The Morgan fingerprint density at radius 2 is 1.76 bits per heavy atom. The lowest BCUT2D eigenvalue weighted by atomic mass is 10.1. The van der Waals surface area contributed by atoms with Crippen LogP contribution < -0.4 is 19.3 Å². The van der Waals surface area contributed by atoms with Gasteiger partial charge in [0.1, 0.15) is 28.5 Å². The molecule has 0 amide bonds. The average Bonchev–Trinajstić information content (AvgIpc) is 3.67. The van der Waals surface area contributed by atoms with Gasteiger partial charge in [0.25, 0.3) is 15.6 Å². The predicted molar refractivity (Wildman–Crippen MR) is 156 cm³/mol. The third-order valence-electron chi connectivity index (χ3n) is 7.76. The fourth-order valence-electron chi connectivity index (χ4n) is 5.36. The van der Waals surface area contributed by atoms with E-state index in [2.05, 4.69) is 5.16 Å². The summed E-state index contributed by atoms with van der Waals surface area (Å²) in [7, 11) is -1.79. The number of hydrogen-bond donors (Lipinski definition) is 0. The van der Waals surface area contributed by atoms with Gasteiger partial charge in [0, 0.05) is 23.6 Å². The van der Waals surface area contributed by atoms with Gasteiger partial charge >= 0.3 is 6.18 Å². The average molecular weight is 644 g/mol. The zero-order chi connectivity index (χ0) is 32.1. The van der Waals surface area contributed by atoms with Crippen LogP contribution in [0, 0.1) is 11.7 Å². The van der Waals surface area contributed by atoms with Crippen molar-refractivity contribution in [2.75, 3.05) is 18.5 Å². The van der Waals surface area contributed by atoms with Crippen molar-refractivity contribution >= 4 is 26.7 Å². The van der Waals surface area contributed by atoms with Crippen LogP contribution in [0.15, 0.2) is 93.3 Å². The Morgan fingerprint density at radius 1 is 1.00 bits per heavy atom. The standard InChI is InChI=1S/C31H25F4N3O6S/c1-42-21-7-3-18(4-8-21)17-37(29-11-12-44-36-29)45(40,41)28-14-20-6-10-30(39)38(26(20)16-24(28)32)25-9-5-19(13-27(25)43-2)22-15-23(22)31(33,34)35/h3-14,16,22-23H,15,17H2,1-2H3/t22-,23+/m0/s1. The highest BCUT2D eigenvalue weighted by Gasteiger charge is 2.56. The molecule has 0 unspecified atom stereocenters. The molecule has 45 heavy (non-hydrogen) atoms. The van der Waals surface area contributed by atoms with Crippen LogP contribution in [-0.2, 0) is 16.6 Å². The first-order valence-electron chi connectivity index (χ1n) is 13.6. The van der Waals surface area contributed by atoms with Crippen molar-refractivity contribution in [1.29, 1.82) is 0 Å². The van der Waals surface area contributed by atoms with Gasteiger partial charge in [-0.2, -0.15) is 13.2 Å². The van der Waals surface area contributed by atoms with E-state index in [1.54, 1.807) is 24.3 Å². The number of rotatable bonds is 9. The summed E-state index contributed by atoms with van der Waals surface area (Å²) in [5.41, 5.74) is 0.538. The monoisotopic (exact) mass is 643 g/mol. The molecule has 14 heteroatoms. The number of alkyl halides is 3. The van der Waals surface area contributed by atoms with E-state index in [1.807, 2.05) is 0 Å². The molecule has 0 spiro atoms. The number of halogens is 4. The minimum Gasteiger partial charge on any atom is -0.497 e. The molecular weight excluding hydrogens is 618 g/mol. The molecule has 0 bridgehead atoms. The highest BCUT2D eigenvalue weighted by molar-refractivity contribution is 7.92. The lowest BCUT2D eigenvalue weighted by Crippen LogP contribution is -2.31. The van der Waals surface area contributed by atoms with Gasteiger partial charge in [0.15, 0.2) is 5.82 Å². The molecule has 0 aliphatic heterocycles. The van der Waals surface area contributed by atoms with E-state index in [9.17, 15) is 26.4 Å². The smallest absolute Gasteiger partial charge is 0.392 e. The van der Waals surface area contributed by atoms with Gasteiger partial charge in [-0.05, 0) is 59.9 Å². The summed E-state index contributed by atoms with van der Waals surface area (Å²) in [4.78, 5) is 12.4. The van der Waals surface area contributed by atoms with Crippen LogP contribution in [0.1, 0.15) is 23.5 Å². The first-order chi connectivity index (χ1) is 21.4. The summed E-state index contributed by atoms with van der Waals surface area (Å²) in [6.07, 6.45) is -3.18. The van der Waals surface area contributed by atoms with Crippen LogP contribution in [0.2, 0.25) is 0 Å². The number of nitrogens with zero attached hydrogens (tertiary/aromatic N) is 3. The fraction of sp³-hybridized carbons (Fsp3) is 0.226. The first-order valence-corrected chi connectivity index (χ1v) is 15.0. The summed E-state index contributed by atoms with van der Waals surface area (Å²) in [5, 5.41) is 3.96. The molecule has 1 aliphatic rings. The number of benzene rings is 3. The van der Waals surface area contributed by atoms with Gasteiger partial charge in [-0.25, -0.2) is 17.1 Å². The Hall–Kier alpha value is -4.85. The lowest BCUT2D eigenvalue weighted by Gasteiger charge is -2.23. The number of ether oxygens (including phenoxy) is 2. The van der Waals surface area contributed by atoms with Crippen molar-refractivity contribution in [3.8, 4) is 17.2 Å². The van der Waals surface area contributed by atoms with Crippen molar-refractivity contribution in [1.82, 2.24) is 9.72 Å². The zero-order valence-corrected chi connectivity index (χ0v) is 24.6. The minimum atomic E-state index is -4.59. The van der Waals surface area contributed by atoms with Gasteiger partial charge in [-0.1, -0.05) is 23.4 Å². The Balaban J connectivity index is 1.42. The molecule has 1 saturated carbocycles. The Bertz CT molecular complexity index is 2050. The Morgan fingerprint density at radius 3 is 2.38 bits per heavy atom. The van der Waals surface area contributed by atoms with Crippen molar-refractivity contribution in [3.05, 3.63) is 106 Å². The van der Waals surface area contributed by atoms with Crippen LogP contribution in [0.4, 0.5) is 23.4 Å². The first kappa shape index (κ1) is 30.2. The van der Waals surface area contributed by atoms with Gasteiger partial charge in [0.2, 0.25) is 0 Å². The number of anilines is 1. The minimum absolute atomic E-state index is 0.0210. The fourth-order valence-corrected chi connectivity index (χ4v) is 6.84. The van der Waals surface area contributed by atoms with E-state index in [4.69, 9.17) is 14.0 Å². The second kappa shape index (κ2) is 11.3. The summed E-state index contributed by atoms with van der Waals surface area (Å²) in [5.74, 6) is -2.75. The molecule has 5 aromatic rings. The van der Waals surface area contributed by atoms with Gasteiger partial charge < -0.3 is 14.0 Å². The molecule has 9 nitrogen and oxygen atoms in total. The maximum absolute atomic E-state index is 15.9. The predicted octanol–water partition coefficient (Wildman–Crippen LogP) is 6.20. The summed E-state index contributed by atoms with van der Waals surface area (Å²) < 4.78 is 101. The number of hydrogen-bond acceptors (Lipinski definition) is 7. The quantitative estimate of drug-likeness (QED) is 0.176. The van der Waals surface area contributed by atoms with E-state index in [0.29, 0.717) is 16.9 Å². The second-order valence-corrected chi connectivity index (χ2v) is 12.3. The van der Waals surface area contributed by atoms with Crippen LogP contribution in [0.5, 0.6) is 11.5 Å². The maximum atomic E-state index is 15.9. The third-order valence-corrected chi connectivity index (χ3v) is 9.53. The van der Waals surface area contributed by atoms with Crippen molar-refractivity contribution in [3.63, 3.8) is 0 Å². The number of aromatic nitrogens is 2. The molecule has 3 aromatic carbocycles. The van der Waals surface area contributed by atoms with Gasteiger partial charge in [-0.15, -0.1) is 0 Å². The van der Waals surface area contributed by atoms with Crippen LogP contribution in [-0.4, -0.2) is 38.5 Å². The van der Waals surface area contributed by atoms with Crippen molar-refractivity contribution in [2.45, 2.75) is 30.0 Å². The molecule has 234 valence electrons. The molecule has 0 N–H and O–H groups in total. The van der Waals surface area contributed by atoms with E-state index >= 15 is 4.39 Å². The Labute approximate surface area is 254 Å². The van der Waals surface area contributed by atoms with Gasteiger partial charge in [-0.3, -0.25) is 9.36 Å². The van der Waals surface area contributed by atoms with Crippen LogP contribution >= 0.6 is 0 Å². The number of fused-ring (bicyclic) bond motifs is 1. The van der Waals surface area contributed by atoms with Crippen molar-refractivity contribution in [2.24, 2.45) is 5.92 Å². The zero-order valence-electron chi connectivity index (χ0n) is 23.8. The second-order valence-electron chi connectivity index (χ2n) is 10.5. The van der Waals surface area contributed by atoms with Crippen molar-refractivity contribution < 1.29 is 40.0 Å². The third kappa shape index (κ3) is 5.61. The molecule has 6 rings (SSSR count). The number of methoxy groups -OCH3 is 2. The van der Waals surface area contributed by atoms with Crippen LogP contribution in [0.3, 0.4) is 0 Å². The normalized spacial score (nSPS) is 16.5. The molecule has 1 aliphatic carbocycles. The summed E-state index contributed by atoms with van der Waals surface area (Å²) in [6, 6.07) is 16.8.